The molecule has 3 nitrogen and oxygen atoms in total. The van der Waals surface area contributed by atoms with Crippen molar-refractivity contribution in [1.82, 2.24) is 4.90 Å². The fourth-order valence-corrected chi connectivity index (χ4v) is 2.25. The van der Waals surface area contributed by atoms with Gasteiger partial charge in [-0.1, -0.05) is 6.92 Å². The average Bonchev–Trinajstić information content (AvgIpc) is 2.68. The molecule has 0 radical (unpaired) electrons. The van der Waals surface area contributed by atoms with Gasteiger partial charge in [0.25, 0.3) is 0 Å². The van der Waals surface area contributed by atoms with Crippen LogP contribution < -0.4 is 0 Å². The first-order chi connectivity index (χ1) is 7.58. The predicted molar refractivity (Wildman–Crippen MR) is 62.2 cm³/mol. The first kappa shape index (κ1) is 11.4. The lowest BCUT2D eigenvalue weighted by molar-refractivity contribution is -0.126. The second kappa shape index (κ2) is 4.42. The molecule has 0 spiro atoms. The fraction of sp³-hybridized carbons (Fsp3) is 0.615. The van der Waals surface area contributed by atoms with E-state index in [-0.39, 0.29) is 12.0 Å². The second-order valence-electron chi connectivity index (χ2n) is 4.74. The smallest absolute Gasteiger partial charge is 0.138 e. The summed E-state index contributed by atoms with van der Waals surface area (Å²) < 4.78 is 5.63. The summed E-state index contributed by atoms with van der Waals surface area (Å²) in [5.74, 6) is 2.49. The number of carbonyl (C=O) groups excluding carboxylic acids is 1. The van der Waals surface area contributed by atoms with Gasteiger partial charge in [0.2, 0.25) is 0 Å². The van der Waals surface area contributed by atoms with Gasteiger partial charge in [-0.25, -0.2) is 0 Å². The third-order valence-electron chi connectivity index (χ3n) is 3.42. The van der Waals surface area contributed by atoms with Crippen molar-refractivity contribution in [3.8, 4) is 0 Å². The van der Waals surface area contributed by atoms with Crippen molar-refractivity contribution in [2.24, 2.45) is 5.92 Å². The van der Waals surface area contributed by atoms with Gasteiger partial charge in [-0.3, -0.25) is 9.69 Å². The Morgan fingerprint density at radius 3 is 2.81 bits per heavy atom. The van der Waals surface area contributed by atoms with Crippen molar-refractivity contribution in [3.63, 3.8) is 0 Å². The lowest BCUT2D eigenvalue weighted by atomic mass is 9.97. The summed E-state index contributed by atoms with van der Waals surface area (Å²) in [5.41, 5.74) is 0. The predicted octanol–water partition coefficient (Wildman–Crippen LogP) is 2.56. The minimum Gasteiger partial charge on any atom is -0.465 e. The zero-order chi connectivity index (χ0) is 11.7. The standard InChI is InChI=1S/C13H19NO2/c1-9-8-14(7-6-12(9)15)11(3)13-5-4-10(2)16-13/h4-5,9,11H,6-8H2,1-3H3. The number of piperidine rings is 1. The topological polar surface area (TPSA) is 33.5 Å². The normalized spacial score (nSPS) is 24.7. The lowest BCUT2D eigenvalue weighted by Gasteiger charge is -2.33. The second-order valence-corrected chi connectivity index (χ2v) is 4.74. The van der Waals surface area contributed by atoms with Gasteiger partial charge in [0.05, 0.1) is 6.04 Å². The summed E-state index contributed by atoms with van der Waals surface area (Å²) in [6, 6.07) is 4.29. The Labute approximate surface area is 96.4 Å². The maximum absolute atomic E-state index is 11.5. The number of Topliss-reactive ketones (excluding diaryl/α,β-unsaturated/α-hetero) is 1. The molecule has 1 aliphatic rings. The van der Waals surface area contributed by atoms with Crippen molar-refractivity contribution < 1.29 is 9.21 Å². The van der Waals surface area contributed by atoms with Crippen LogP contribution in [0.25, 0.3) is 0 Å². The van der Waals surface area contributed by atoms with E-state index in [1.807, 2.05) is 26.0 Å². The van der Waals surface area contributed by atoms with Crippen LogP contribution in [0.1, 0.15) is 37.8 Å². The number of hydrogen-bond acceptors (Lipinski definition) is 3. The zero-order valence-electron chi connectivity index (χ0n) is 10.2. The molecule has 1 aromatic rings. The van der Waals surface area contributed by atoms with E-state index in [9.17, 15) is 4.79 Å². The number of carbonyl (C=O) groups is 1. The van der Waals surface area contributed by atoms with Crippen molar-refractivity contribution in [3.05, 3.63) is 23.7 Å². The Hall–Kier alpha value is -1.09. The van der Waals surface area contributed by atoms with Gasteiger partial charge in [0, 0.05) is 25.4 Å². The average molecular weight is 221 g/mol. The van der Waals surface area contributed by atoms with E-state index in [0.717, 1.165) is 24.6 Å². The van der Waals surface area contributed by atoms with Gasteiger partial charge in [-0.15, -0.1) is 0 Å². The summed E-state index contributed by atoms with van der Waals surface area (Å²) >= 11 is 0. The van der Waals surface area contributed by atoms with E-state index >= 15 is 0 Å². The molecule has 0 bridgehead atoms. The van der Waals surface area contributed by atoms with E-state index in [0.29, 0.717) is 12.2 Å². The molecule has 2 unspecified atom stereocenters. The molecule has 3 heteroatoms. The Morgan fingerprint density at radius 1 is 1.50 bits per heavy atom. The van der Waals surface area contributed by atoms with E-state index in [4.69, 9.17) is 4.42 Å². The molecule has 2 heterocycles. The summed E-state index contributed by atoms with van der Waals surface area (Å²) in [5, 5.41) is 0. The highest BCUT2D eigenvalue weighted by atomic mass is 16.3. The number of likely N-dealkylation sites (tertiary alicyclic amines) is 1. The molecule has 0 aromatic carbocycles. The maximum Gasteiger partial charge on any atom is 0.138 e. The molecule has 1 aliphatic heterocycles. The molecule has 0 N–H and O–H groups in total. The molecule has 2 atom stereocenters. The first-order valence-corrected chi connectivity index (χ1v) is 5.91. The maximum atomic E-state index is 11.5. The van der Waals surface area contributed by atoms with Crippen LogP contribution in [0.15, 0.2) is 16.5 Å². The van der Waals surface area contributed by atoms with Crippen molar-refractivity contribution >= 4 is 5.78 Å². The summed E-state index contributed by atoms with van der Waals surface area (Å²) in [4.78, 5) is 13.8. The van der Waals surface area contributed by atoms with Crippen LogP contribution in [-0.4, -0.2) is 23.8 Å². The van der Waals surface area contributed by atoms with Gasteiger partial charge >= 0.3 is 0 Å². The van der Waals surface area contributed by atoms with Crippen LogP contribution in [0.4, 0.5) is 0 Å². The van der Waals surface area contributed by atoms with Crippen molar-refractivity contribution in [2.75, 3.05) is 13.1 Å². The SMILES string of the molecule is Cc1ccc(C(C)N2CCC(=O)C(C)C2)o1. The van der Waals surface area contributed by atoms with Crippen LogP contribution >= 0.6 is 0 Å². The fourth-order valence-electron chi connectivity index (χ4n) is 2.25. The van der Waals surface area contributed by atoms with Crippen molar-refractivity contribution in [1.29, 1.82) is 0 Å². The van der Waals surface area contributed by atoms with Gasteiger partial charge in [0.1, 0.15) is 17.3 Å². The van der Waals surface area contributed by atoms with E-state index in [2.05, 4.69) is 11.8 Å². The molecule has 1 aromatic heterocycles. The Bertz CT molecular complexity index is 383. The quantitative estimate of drug-likeness (QED) is 0.769. The van der Waals surface area contributed by atoms with Crippen LogP contribution in [0.3, 0.4) is 0 Å². The number of rotatable bonds is 2. The molecular formula is C13H19NO2. The van der Waals surface area contributed by atoms with Crippen LogP contribution in [0.5, 0.6) is 0 Å². The third-order valence-corrected chi connectivity index (χ3v) is 3.42. The van der Waals surface area contributed by atoms with Crippen LogP contribution in [-0.2, 0) is 4.79 Å². The molecule has 1 fully saturated rings. The van der Waals surface area contributed by atoms with Gasteiger partial charge < -0.3 is 4.42 Å². The number of aryl methyl sites for hydroxylation is 1. The Kier molecular flexibility index (Phi) is 3.15. The van der Waals surface area contributed by atoms with Gasteiger partial charge in [0.15, 0.2) is 0 Å². The lowest BCUT2D eigenvalue weighted by Crippen LogP contribution is -2.40. The van der Waals surface area contributed by atoms with E-state index in [1.54, 1.807) is 0 Å². The number of ketones is 1. The third kappa shape index (κ3) is 2.19. The number of nitrogens with zero attached hydrogens (tertiary/aromatic N) is 1. The van der Waals surface area contributed by atoms with Crippen LogP contribution in [0.2, 0.25) is 0 Å². The molecule has 0 saturated carbocycles. The Balaban J connectivity index is 2.05. The highest BCUT2D eigenvalue weighted by Crippen LogP contribution is 2.26. The van der Waals surface area contributed by atoms with Gasteiger partial charge in [-0.05, 0) is 26.0 Å². The number of furan rings is 1. The Morgan fingerprint density at radius 2 is 2.25 bits per heavy atom. The highest BCUT2D eigenvalue weighted by Gasteiger charge is 2.28. The summed E-state index contributed by atoms with van der Waals surface area (Å²) in [7, 11) is 0. The molecule has 2 rings (SSSR count). The monoisotopic (exact) mass is 221 g/mol. The highest BCUT2D eigenvalue weighted by molar-refractivity contribution is 5.81. The largest absolute Gasteiger partial charge is 0.465 e. The minimum atomic E-state index is 0.159. The van der Waals surface area contributed by atoms with E-state index in [1.165, 1.54) is 0 Å². The number of hydrogen-bond donors (Lipinski definition) is 0. The van der Waals surface area contributed by atoms with Crippen LogP contribution in [0, 0.1) is 12.8 Å². The molecule has 0 amide bonds. The molecular weight excluding hydrogens is 202 g/mol. The molecule has 1 saturated heterocycles. The molecule has 16 heavy (non-hydrogen) atoms. The zero-order valence-corrected chi connectivity index (χ0v) is 10.2. The van der Waals surface area contributed by atoms with Crippen molar-refractivity contribution in [2.45, 2.75) is 33.2 Å². The first-order valence-electron chi connectivity index (χ1n) is 5.91. The summed E-state index contributed by atoms with van der Waals surface area (Å²) in [6.07, 6.45) is 0.672. The molecule has 0 aliphatic carbocycles. The molecule has 88 valence electrons. The minimum absolute atomic E-state index is 0.159. The van der Waals surface area contributed by atoms with E-state index < -0.39 is 0 Å². The van der Waals surface area contributed by atoms with Gasteiger partial charge in [-0.2, -0.15) is 0 Å². The summed E-state index contributed by atoms with van der Waals surface area (Å²) in [6.45, 7) is 7.80.